The third-order valence-electron chi connectivity index (χ3n) is 4.71. The third-order valence-corrected chi connectivity index (χ3v) is 6.32. The van der Waals surface area contributed by atoms with Crippen molar-refractivity contribution >= 4 is 15.7 Å². The van der Waals surface area contributed by atoms with Crippen LogP contribution in [0.15, 0.2) is 0 Å². The topological polar surface area (TPSA) is 54.5 Å². The molecule has 0 spiro atoms. The lowest BCUT2D eigenvalue weighted by Gasteiger charge is -2.31. The molecule has 0 radical (unpaired) electrons. The van der Waals surface area contributed by atoms with Gasteiger partial charge in [0.05, 0.1) is 11.5 Å². The first-order chi connectivity index (χ1) is 8.05. The monoisotopic (exact) mass is 257 g/mol. The molecule has 4 nitrogen and oxygen atoms in total. The summed E-state index contributed by atoms with van der Waals surface area (Å²) in [7, 11) is -2.88. The van der Waals surface area contributed by atoms with E-state index in [0.717, 1.165) is 12.3 Å². The summed E-state index contributed by atoms with van der Waals surface area (Å²) in [5.74, 6) is 2.09. The lowest BCUT2D eigenvalue weighted by Crippen LogP contribution is -2.47. The second-order valence-electron chi connectivity index (χ2n) is 5.76. The predicted octanol–water partition coefficient (Wildman–Crippen LogP) is 0.680. The normalized spacial score (nSPS) is 39.5. The zero-order valence-corrected chi connectivity index (χ0v) is 10.8. The fourth-order valence-corrected chi connectivity index (χ4v) is 4.92. The van der Waals surface area contributed by atoms with Gasteiger partial charge in [-0.05, 0) is 31.1 Å². The fourth-order valence-electron chi connectivity index (χ4n) is 3.71. The molecule has 2 bridgehead atoms. The Balaban J connectivity index is 1.64. The minimum absolute atomic E-state index is 0.152. The Labute approximate surface area is 102 Å². The molecule has 0 aromatic carbocycles. The van der Waals surface area contributed by atoms with Gasteiger partial charge in [0, 0.05) is 19.0 Å². The van der Waals surface area contributed by atoms with Crippen molar-refractivity contribution in [1.29, 1.82) is 0 Å². The van der Waals surface area contributed by atoms with Gasteiger partial charge in [-0.3, -0.25) is 4.79 Å². The molecule has 96 valence electrons. The highest BCUT2D eigenvalue weighted by Crippen LogP contribution is 2.48. The van der Waals surface area contributed by atoms with Gasteiger partial charge in [0.1, 0.15) is 0 Å². The van der Waals surface area contributed by atoms with Crippen molar-refractivity contribution in [3.05, 3.63) is 0 Å². The minimum atomic E-state index is -2.88. The smallest absolute Gasteiger partial charge is 0.226 e. The van der Waals surface area contributed by atoms with E-state index in [9.17, 15) is 13.2 Å². The average Bonchev–Trinajstić information content (AvgIpc) is 2.89. The number of amides is 1. The molecule has 3 rings (SSSR count). The van der Waals surface area contributed by atoms with E-state index in [1.807, 2.05) is 0 Å². The van der Waals surface area contributed by atoms with Gasteiger partial charge in [-0.15, -0.1) is 0 Å². The summed E-state index contributed by atoms with van der Waals surface area (Å²) < 4.78 is 22.7. The van der Waals surface area contributed by atoms with E-state index in [0.29, 0.717) is 19.0 Å². The van der Waals surface area contributed by atoms with Crippen molar-refractivity contribution in [1.82, 2.24) is 4.90 Å². The van der Waals surface area contributed by atoms with Gasteiger partial charge >= 0.3 is 0 Å². The van der Waals surface area contributed by atoms with Crippen LogP contribution < -0.4 is 0 Å². The van der Waals surface area contributed by atoms with Gasteiger partial charge in [-0.2, -0.15) is 0 Å². The van der Waals surface area contributed by atoms with Crippen LogP contribution in [-0.2, 0) is 14.6 Å². The van der Waals surface area contributed by atoms with Crippen LogP contribution in [0.1, 0.15) is 25.7 Å². The summed E-state index contributed by atoms with van der Waals surface area (Å²) in [6.45, 7) is 0.824. The zero-order chi connectivity index (χ0) is 12.0. The van der Waals surface area contributed by atoms with Crippen LogP contribution >= 0.6 is 0 Å². The van der Waals surface area contributed by atoms with E-state index in [4.69, 9.17) is 0 Å². The summed E-state index contributed by atoms with van der Waals surface area (Å²) in [5, 5.41) is 0. The van der Waals surface area contributed by atoms with Crippen molar-refractivity contribution in [2.75, 3.05) is 24.6 Å². The first-order valence-electron chi connectivity index (χ1n) is 6.54. The van der Waals surface area contributed by atoms with E-state index >= 15 is 0 Å². The maximum absolute atomic E-state index is 12.3. The van der Waals surface area contributed by atoms with Crippen LogP contribution in [-0.4, -0.2) is 43.8 Å². The molecule has 3 atom stereocenters. The van der Waals surface area contributed by atoms with Crippen LogP contribution in [0.3, 0.4) is 0 Å². The lowest BCUT2D eigenvalue weighted by molar-refractivity contribution is -0.136. The van der Waals surface area contributed by atoms with Crippen molar-refractivity contribution < 1.29 is 13.2 Å². The maximum Gasteiger partial charge on any atom is 0.226 e. The molecule has 3 aliphatic rings. The Morgan fingerprint density at radius 1 is 1.06 bits per heavy atom. The van der Waals surface area contributed by atoms with Gasteiger partial charge < -0.3 is 4.90 Å². The Morgan fingerprint density at radius 3 is 2.29 bits per heavy atom. The average molecular weight is 257 g/mol. The standard InChI is InChI=1S/C12H19NO3S/c14-12(11-8-9-1-2-10(11)7-9)13-3-5-17(15,16)6-4-13/h9-11H,1-8H2. The molecule has 0 aromatic rings. The molecule has 3 unspecified atom stereocenters. The molecule has 0 aromatic heterocycles. The van der Waals surface area contributed by atoms with Gasteiger partial charge in [-0.25, -0.2) is 8.42 Å². The predicted molar refractivity (Wildman–Crippen MR) is 64.2 cm³/mol. The SMILES string of the molecule is O=C(C1CC2CCC1C2)N1CCS(=O)(=O)CC1. The number of hydrogen-bond acceptors (Lipinski definition) is 3. The van der Waals surface area contributed by atoms with Crippen LogP contribution in [0.5, 0.6) is 0 Å². The summed E-state index contributed by atoms with van der Waals surface area (Å²) in [6, 6.07) is 0. The molecule has 1 amide bonds. The van der Waals surface area contributed by atoms with Crippen molar-refractivity contribution in [2.24, 2.45) is 17.8 Å². The number of sulfone groups is 1. The van der Waals surface area contributed by atoms with Gasteiger partial charge in [0.25, 0.3) is 0 Å². The summed E-state index contributed by atoms with van der Waals surface area (Å²) in [6.07, 6.45) is 4.77. The van der Waals surface area contributed by atoms with E-state index in [2.05, 4.69) is 0 Å². The number of carbonyl (C=O) groups excluding carboxylic acids is 1. The molecule has 3 fully saturated rings. The Kier molecular flexibility index (Phi) is 2.69. The first kappa shape index (κ1) is 11.5. The molecule has 17 heavy (non-hydrogen) atoms. The summed E-state index contributed by atoms with van der Waals surface area (Å²) in [4.78, 5) is 14.1. The van der Waals surface area contributed by atoms with Crippen LogP contribution in [0.25, 0.3) is 0 Å². The van der Waals surface area contributed by atoms with Crippen LogP contribution in [0.4, 0.5) is 0 Å². The number of hydrogen-bond donors (Lipinski definition) is 0. The molecule has 2 aliphatic carbocycles. The third kappa shape index (κ3) is 2.09. The number of carbonyl (C=O) groups is 1. The highest BCUT2D eigenvalue weighted by molar-refractivity contribution is 7.91. The molecular formula is C12H19NO3S. The summed E-state index contributed by atoms with van der Waals surface area (Å²) in [5.41, 5.74) is 0. The van der Waals surface area contributed by atoms with Crippen LogP contribution in [0.2, 0.25) is 0 Å². The largest absolute Gasteiger partial charge is 0.340 e. The van der Waals surface area contributed by atoms with Crippen molar-refractivity contribution in [3.63, 3.8) is 0 Å². The Bertz CT molecular complexity index is 417. The second-order valence-corrected chi connectivity index (χ2v) is 8.06. The number of fused-ring (bicyclic) bond motifs is 2. The van der Waals surface area contributed by atoms with Gasteiger partial charge in [0.15, 0.2) is 9.84 Å². The van der Waals surface area contributed by atoms with Crippen molar-refractivity contribution in [3.8, 4) is 0 Å². The van der Waals surface area contributed by atoms with E-state index in [1.54, 1.807) is 4.90 Å². The van der Waals surface area contributed by atoms with E-state index < -0.39 is 9.84 Å². The van der Waals surface area contributed by atoms with Crippen LogP contribution in [0, 0.1) is 17.8 Å². The zero-order valence-electron chi connectivity index (χ0n) is 9.97. The molecule has 5 heteroatoms. The number of rotatable bonds is 1. The number of nitrogens with zero attached hydrogens (tertiary/aromatic N) is 1. The van der Waals surface area contributed by atoms with Gasteiger partial charge in [-0.1, -0.05) is 6.42 Å². The lowest BCUT2D eigenvalue weighted by atomic mass is 9.88. The second kappa shape index (κ2) is 3.97. The molecule has 2 saturated carbocycles. The molecule has 0 N–H and O–H groups in total. The quantitative estimate of drug-likeness (QED) is 0.694. The maximum atomic E-state index is 12.3. The fraction of sp³-hybridized carbons (Fsp3) is 0.917. The highest BCUT2D eigenvalue weighted by Gasteiger charge is 2.44. The van der Waals surface area contributed by atoms with Crippen molar-refractivity contribution in [2.45, 2.75) is 25.7 Å². The molecular weight excluding hydrogens is 238 g/mol. The van der Waals surface area contributed by atoms with Gasteiger partial charge in [0.2, 0.25) is 5.91 Å². The molecule has 1 saturated heterocycles. The molecule has 1 heterocycles. The van der Waals surface area contributed by atoms with E-state index in [1.165, 1.54) is 19.3 Å². The van der Waals surface area contributed by atoms with E-state index in [-0.39, 0.29) is 23.3 Å². The Hall–Kier alpha value is -0.580. The summed E-state index contributed by atoms with van der Waals surface area (Å²) >= 11 is 0. The molecule has 1 aliphatic heterocycles. The highest BCUT2D eigenvalue weighted by atomic mass is 32.2. The Morgan fingerprint density at radius 2 is 1.76 bits per heavy atom. The minimum Gasteiger partial charge on any atom is -0.340 e. The first-order valence-corrected chi connectivity index (χ1v) is 8.36.